The van der Waals surface area contributed by atoms with Crippen LogP contribution in [0.2, 0.25) is 0 Å². The predicted molar refractivity (Wildman–Crippen MR) is 72.7 cm³/mol. The number of ether oxygens (including phenoxy) is 1. The van der Waals surface area contributed by atoms with Crippen LogP contribution in [0.1, 0.15) is 36.1 Å². The number of hydrogen-bond acceptors (Lipinski definition) is 3. The van der Waals surface area contributed by atoms with Crippen LogP contribution >= 0.6 is 0 Å². The third-order valence-electron chi connectivity index (χ3n) is 3.34. The lowest BCUT2D eigenvalue weighted by Gasteiger charge is -2.30. The SMILES string of the molecule is Cc1cc(C)cc(C(O)CC2COCC(C)N2)c1. The summed E-state index contributed by atoms with van der Waals surface area (Å²) in [5.41, 5.74) is 3.41. The maximum atomic E-state index is 10.3. The summed E-state index contributed by atoms with van der Waals surface area (Å²) < 4.78 is 5.50. The van der Waals surface area contributed by atoms with Crippen molar-refractivity contribution in [2.75, 3.05) is 13.2 Å². The fourth-order valence-corrected chi connectivity index (χ4v) is 2.63. The average molecular weight is 249 g/mol. The molecule has 0 radical (unpaired) electrons. The Morgan fingerprint density at radius 2 is 1.94 bits per heavy atom. The average Bonchev–Trinajstić information content (AvgIpc) is 2.27. The quantitative estimate of drug-likeness (QED) is 0.862. The Bertz CT molecular complexity index is 385. The number of hydrogen-bond donors (Lipinski definition) is 2. The number of aliphatic hydroxyl groups excluding tert-OH is 1. The predicted octanol–water partition coefficient (Wildman–Crippen LogP) is 2.10. The van der Waals surface area contributed by atoms with E-state index < -0.39 is 6.10 Å². The van der Waals surface area contributed by atoms with E-state index in [1.54, 1.807) is 0 Å². The second-order valence-electron chi connectivity index (χ2n) is 5.47. The minimum Gasteiger partial charge on any atom is -0.388 e. The molecule has 1 heterocycles. The van der Waals surface area contributed by atoms with Crippen LogP contribution in [-0.4, -0.2) is 30.4 Å². The molecule has 1 aromatic rings. The molecule has 0 saturated carbocycles. The lowest BCUT2D eigenvalue weighted by molar-refractivity contribution is 0.0304. The first-order valence-electron chi connectivity index (χ1n) is 6.64. The molecule has 1 saturated heterocycles. The highest BCUT2D eigenvalue weighted by atomic mass is 16.5. The summed E-state index contributed by atoms with van der Waals surface area (Å²) in [5, 5.41) is 13.8. The molecule has 1 aliphatic heterocycles. The van der Waals surface area contributed by atoms with E-state index in [1.807, 2.05) is 0 Å². The van der Waals surface area contributed by atoms with E-state index in [9.17, 15) is 5.11 Å². The molecule has 2 rings (SSSR count). The molecule has 0 spiro atoms. The van der Waals surface area contributed by atoms with Gasteiger partial charge in [-0.15, -0.1) is 0 Å². The molecule has 18 heavy (non-hydrogen) atoms. The van der Waals surface area contributed by atoms with E-state index in [1.165, 1.54) is 11.1 Å². The summed E-state index contributed by atoms with van der Waals surface area (Å²) in [5.74, 6) is 0. The van der Waals surface area contributed by atoms with Gasteiger partial charge in [0.05, 0.1) is 19.3 Å². The molecule has 1 aliphatic rings. The van der Waals surface area contributed by atoms with Gasteiger partial charge in [0.2, 0.25) is 0 Å². The molecule has 3 unspecified atom stereocenters. The fourth-order valence-electron chi connectivity index (χ4n) is 2.63. The molecule has 0 aromatic heterocycles. The molecule has 3 atom stereocenters. The van der Waals surface area contributed by atoms with Gasteiger partial charge < -0.3 is 15.2 Å². The van der Waals surface area contributed by atoms with E-state index in [-0.39, 0.29) is 6.04 Å². The van der Waals surface area contributed by atoms with Crippen molar-refractivity contribution in [3.05, 3.63) is 34.9 Å². The molecular formula is C15H23NO2. The molecule has 0 aliphatic carbocycles. The Morgan fingerprint density at radius 3 is 2.56 bits per heavy atom. The summed E-state index contributed by atoms with van der Waals surface area (Å²) >= 11 is 0. The summed E-state index contributed by atoms with van der Waals surface area (Å²) in [6, 6.07) is 6.86. The van der Waals surface area contributed by atoms with Gasteiger partial charge in [0.1, 0.15) is 0 Å². The second kappa shape index (κ2) is 5.83. The zero-order valence-corrected chi connectivity index (χ0v) is 11.4. The van der Waals surface area contributed by atoms with Crippen molar-refractivity contribution in [1.29, 1.82) is 0 Å². The largest absolute Gasteiger partial charge is 0.388 e. The summed E-state index contributed by atoms with van der Waals surface area (Å²) in [7, 11) is 0. The molecule has 1 aromatic carbocycles. The zero-order chi connectivity index (χ0) is 13.1. The second-order valence-corrected chi connectivity index (χ2v) is 5.47. The molecular weight excluding hydrogens is 226 g/mol. The van der Waals surface area contributed by atoms with Crippen LogP contribution in [0.4, 0.5) is 0 Å². The van der Waals surface area contributed by atoms with Gasteiger partial charge in [-0.05, 0) is 32.8 Å². The molecule has 1 fully saturated rings. The highest BCUT2D eigenvalue weighted by Crippen LogP contribution is 2.22. The van der Waals surface area contributed by atoms with Crippen molar-refractivity contribution in [3.8, 4) is 0 Å². The normalized spacial score (nSPS) is 26.0. The van der Waals surface area contributed by atoms with Crippen LogP contribution in [0.25, 0.3) is 0 Å². The summed E-state index contributed by atoms with van der Waals surface area (Å²) in [6.45, 7) is 7.68. The number of morpholine rings is 1. The smallest absolute Gasteiger partial charge is 0.0806 e. The van der Waals surface area contributed by atoms with Crippen LogP contribution in [0.5, 0.6) is 0 Å². The van der Waals surface area contributed by atoms with Crippen molar-refractivity contribution in [1.82, 2.24) is 5.32 Å². The molecule has 3 nitrogen and oxygen atoms in total. The first kappa shape index (κ1) is 13.5. The van der Waals surface area contributed by atoms with Crippen molar-refractivity contribution < 1.29 is 9.84 Å². The Kier molecular flexibility index (Phi) is 4.38. The minimum atomic E-state index is -0.421. The first-order valence-corrected chi connectivity index (χ1v) is 6.64. The van der Waals surface area contributed by atoms with Gasteiger partial charge in [0, 0.05) is 12.1 Å². The van der Waals surface area contributed by atoms with Gasteiger partial charge in [-0.3, -0.25) is 0 Å². The van der Waals surface area contributed by atoms with Gasteiger partial charge in [-0.1, -0.05) is 29.3 Å². The standard InChI is InChI=1S/C15H23NO2/c1-10-4-11(2)6-13(5-10)15(17)7-14-9-18-8-12(3)16-14/h4-6,12,14-17H,7-9H2,1-3H3. The van der Waals surface area contributed by atoms with Crippen molar-refractivity contribution in [2.45, 2.75) is 45.4 Å². The first-order chi connectivity index (χ1) is 8.54. The Hall–Kier alpha value is -0.900. The van der Waals surface area contributed by atoms with Gasteiger partial charge >= 0.3 is 0 Å². The van der Waals surface area contributed by atoms with Gasteiger partial charge in [-0.25, -0.2) is 0 Å². The minimum absolute atomic E-state index is 0.240. The van der Waals surface area contributed by atoms with Crippen LogP contribution in [0.3, 0.4) is 0 Å². The number of nitrogens with one attached hydrogen (secondary N) is 1. The number of aryl methyl sites for hydroxylation is 2. The molecule has 100 valence electrons. The third-order valence-corrected chi connectivity index (χ3v) is 3.34. The Labute approximate surface area is 109 Å². The topological polar surface area (TPSA) is 41.5 Å². The molecule has 0 amide bonds. The molecule has 3 heteroatoms. The van der Waals surface area contributed by atoms with Gasteiger partial charge in [0.15, 0.2) is 0 Å². The lowest BCUT2D eigenvalue weighted by atomic mass is 9.98. The van der Waals surface area contributed by atoms with E-state index in [2.05, 4.69) is 44.3 Å². The van der Waals surface area contributed by atoms with Crippen LogP contribution < -0.4 is 5.32 Å². The zero-order valence-electron chi connectivity index (χ0n) is 11.4. The van der Waals surface area contributed by atoms with Crippen molar-refractivity contribution in [2.24, 2.45) is 0 Å². The highest BCUT2D eigenvalue weighted by molar-refractivity contribution is 5.30. The van der Waals surface area contributed by atoms with Crippen LogP contribution in [0, 0.1) is 13.8 Å². The maximum Gasteiger partial charge on any atom is 0.0806 e. The number of benzene rings is 1. The number of aliphatic hydroxyl groups is 1. The molecule has 2 N–H and O–H groups in total. The molecule has 0 bridgehead atoms. The van der Waals surface area contributed by atoms with Crippen LogP contribution in [-0.2, 0) is 4.74 Å². The van der Waals surface area contributed by atoms with E-state index in [0.29, 0.717) is 19.1 Å². The van der Waals surface area contributed by atoms with E-state index in [4.69, 9.17) is 4.74 Å². The van der Waals surface area contributed by atoms with Gasteiger partial charge in [0.25, 0.3) is 0 Å². The van der Waals surface area contributed by atoms with Gasteiger partial charge in [-0.2, -0.15) is 0 Å². The van der Waals surface area contributed by atoms with E-state index >= 15 is 0 Å². The monoisotopic (exact) mass is 249 g/mol. The van der Waals surface area contributed by atoms with E-state index in [0.717, 1.165) is 12.2 Å². The Balaban J connectivity index is 2.00. The number of rotatable bonds is 3. The van der Waals surface area contributed by atoms with Crippen LogP contribution in [0.15, 0.2) is 18.2 Å². The highest BCUT2D eigenvalue weighted by Gasteiger charge is 2.22. The summed E-state index contributed by atoms with van der Waals surface area (Å²) in [6.07, 6.45) is 0.280. The van der Waals surface area contributed by atoms with Crippen molar-refractivity contribution in [3.63, 3.8) is 0 Å². The lowest BCUT2D eigenvalue weighted by Crippen LogP contribution is -2.47. The summed E-state index contributed by atoms with van der Waals surface area (Å²) in [4.78, 5) is 0. The third kappa shape index (κ3) is 3.55. The Morgan fingerprint density at radius 1 is 1.28 bits per heavy atom. The fraction of sp³-hybridized carbons (Fsp3) is 0.600. The van der Waals surface area contributed by atoms with Crippen molar-refractivity contribution >= 4 is 0 Å². The maximum absolute atomic E-state index is 10.3.